The SMILES string of the molecule is O=C(/C=C/c1ccccc1F)NCC1(C(=O)O)CCC1. The number of aliphatic carboxylic acids is 1. The molecule has 1 aliphatic rings. The minimum atomic E-state index is -0.873. The average molecular weight is 277 g/mol. The van der Waals surface area contributed by atoms with E-state index in [0.717, 1.165) is 6.42 Å². The van der Waals surface area contributed by atoms with Gasteiger partial charge in [-0.05, 0) is 25.0 Å². The van der Waals surface area contributed by atoms with Crippen LogP contribution in [0, 0.1) is 11.2 Å². The Morgan fingerprint density at radius 2 is 2.05 bits per heavy atom. The van der Waals surface area contributed by atoms with Crippen LogP contribution in [-0.2, 0) is 9.59 Å². The highest BCUT2D eigenvalue weighted by molar-refractivity contribution is 5.92. The zero-order valence-electron chi connectivity index (χ0n) is 10.9. The molecule has 20 heavy (non-hydrogen) atoms. The van der Waals surface area contributed by atoms with E-state index in [1.54, 1.807) is 18.2 Å². The molecule has 4 nitrogen and oxygen atoms in total. The zero-order chi connectivity index (χ0) is 14.6. The van der Waals surface area contributed by atoms with Crippen molar-refractivity contribution in [1.82, 2.24) is 5.32 Å². The predicted molar refractivity (Wildman–Crippen MR) is 72.4 cm³/mol. The quantitative estimate of drug-likeness (QED) is 0.811. The second-order valence-electron chi connectivity index (χ2n) is 5.01. The van der Waals surface area contributed by atoms with E-state index in [2.05, 4.69) is 5.32 Å². The maximum atomic E-state index is 13.3. The molecule has 5 heteroatoms. The molecule has 0 bridgehead atoms. The number of amides is 1. The highest BCUT2D eigenvalue weighted by Gasteiger charge is 2.44. The van der Waals surface area contributed by atoms with Gasteiger partial charge < -0.3 is 10.4 Å². The fraction of sp³-hybridized carbons (Fsp3) is 0.333. The molecule has 0 unspecified atom stereocenters. The first kappa shape index (κ1) is 14.2. The largest absolute Gasteiger partial charge is 0.481 e. The van der Waals surface area contributed by atoms with Crippen molar-refractivity contribution in [2.45, 2.75) is 19.3 Å². The van der Waals surface area contributed by atoms with E-state index < -0.39 is 23.1 Å². The number of rotatable bonds is 5. The summed E-state index contributed by atoms with van der Waals surface area (Å²) in [6, 6.07) is 6.11. The summed E-state index contributed by atoms with van der Waals surface area (Å²) in [5.41, 5.74) is -0.499. The van der Waals surface area contributed by atoms with Crippen LogP contribution >= 0.6 is 0 Å². The molecule has 1 amide bonds. The van der Waals surface area contributed by atoms with Gasteiger partial charge in [0.05, 0.1) is 5.41 Å². The highest BCUT2D eigenvalue weighted by atomic mass is 19.1. The standard InChI is InChI=1S/C15H16FNO3/c16-12-5-2-1-4-11(12)6-7-13(18)17-10-15(14(19)20)8-3-9-15/h1-2,4-7H,3,8-10H2,(H,17,18)(H,19,20)/b7-6+. The van der Waals surface area contributed by atoms with Crippen molar-refractivity contribution >= 4 is 18.0 Å². The third kappa shape index (κ3) is 3.04. The fourth-order valence-corrected chi connectivity index (χ4v) is 2.16. The van der Waals surface area contributed by atoms with Crippen LogP contribution in [0.2, 0.25) is 0 Å². The van der Waals surface area contributed by atoms with Crippen LogP contribution in [0.4, 0.5) is 4.39 Å². The van der Waals surface area contributed by atoms with Crippen LogP contribution in [0.15, 0.2) is 30.3 Å². The van der Waals surface area contributed by atoms with Crippen LogP contribution in [0.1, 0.15) is 24.8 Å². The van der Waals surface area contributed by atoms with Gasteiger partial charge in [0.2, 0.25) is 5.91 Å². The van der Waals surface area contributed by atoms with Gasteiger partial charge in [0.25, 0.3) is 0 Å². The lowest BCUT2D eigenvalue weighted by Gasteiger charge is -2.37. The van der Waals surface area contributed by atoms with E-state index in [9.17, 15) is 14.0 Å². The van der Waals surface area contributed by atoms with Crippen molar-refractivity contribution in [3.05, 3.63) is 41.7 Å². The molecule has 2 rings (SSSR count). The van der Waals surface area contributed by atoms with Crippen molar-refractivity contribution in [2.24, 2.45) is 5.41 Å². The summed E-state index contributed by atoms with van der Waals surface area (Å²) in [7, 11) is 0. The second-order valence-corrected chi connectivity index (χ2v) is 5.01. The van der Waals surface area contributed by atoms with E-state index in [-0.39, 0.29) is 6.54 Å². The molecule has 0 aromatic heterocycles. The van der Waals surface area contributed by atoms with Gasteiger partial charge in [0.1, 0.15) is 5.82 Å². The Morgan fingerprint density at radius 3 is 2.60 bits per heavy atom. The Hall–Kier alpha value is -2.17. The van der Waals surface area contributed by atoms with Crippen LogP contribution in [0.5, 0.6) is 0 Å². The lowest BCUT2D eigenvalue weighted by Crippen LogP contribution is -2.47. The summed E-state index contributed by atoms with van der Waals surface area (Å²) in [6.07, 6.45) is 4.62. The van der Waals surface area contributed by atoms with Gasteiger partial charge in [0, 0.05) is 18.2 Å². The van der Waals surface area contributed by atoms with Gasteiger partial charge in [0.15, 0.2) is 0 Å². The summed E-state index contributed by atoms with van der Waals surface area (Å²) in [5, 5.41) is 11.7. The number of carbonyl (C=O) groups is 2. The smallest absolute Gasteiger partial charge is 0.311 e. The first-order chi connectivity index (χ1) is 9.53. The molecule has 0 spiro atoms. The number of carboxylic acid groups (broad SMARTS) is 1. The molecule has 106 valence electrons. The topological polar surface area (TPSA) is 66.4 Å². The maximum Gasteiger partial charge on any atom is 0.311 e. The molecule has 0 saturated heterocycles. The Morgan fingerprint density at radius 1 is 1.35 bits per heavy atom. The molecular formula is C15H16FNO3. The molecule has 1 fully saturated rings. The number of carbonyl (C=O) groups excluding carboxylic acids is 1. The molecule has 0 aliphatic heterocycles. The van der Waals surface area contributed by atoms with Gasteiger partial charge in [-0.1, -0.05) is 24.6 Å². The minimum absolute atomic E-state index is 0.114. The number of carboxylic acids is 1. The number of benzene rings is 1. The van der Waals surface area contributed by atoms with Crippen molar-refractivity contribution in [3.8, 4) is 0 Å². The fourth-order valence-electron chi connectivity index (χ4n) is 2.16. The molecule has 1 aliphatic carbocycles. The van der Waals surface area contributed by atoms with Crippen molar-refractivity contribution in [3.63, 3.8) is 0 Å². The van der Waals surface area contributed by atoms with Crippen LogP contribution < -0.4 is 5.32 Å². The lowest BCUT2D eigenvalue weighted by molar-refractivity contribution is -0.154. The van der Waals surface area contributed by atoms with Gasteiger partial charge in [-0.25, -0.2) is 4.39 Å². The highest BCUT2D eigenvalue weighted by Crippen LogP contribution is 2.40. The average Bonchev–Trinajstić information content (AvgIpc) is 2.36. The molecule has 1 saturated carbocycles. The summed E-state index contributed by atoms with van der Waals surface area (Å²) in [5.74, 6) is -1.69. The maximum absolute atomic E-state index is 13.3. The number of hydrogen-bond donors (Lipinski definition) is 2. The van der Waals surface area contributed by atoms with Crippen LogP contribution in [-0.4, -0.2) is 23.5 Å². The Balaban J connectivity index is 1.90. The Kier molecular flexibility index (Phi) is 4.17. The van der Waals surface area contributed by atoms with Crippen LogP contribution in [0.25, 0.3) is 6.08 Å². The van der Waals surface area contributed by atoms with E-state index in [1.807, 2.05) is 0 Å². The van der Waals surface area contributed by atoms with Crippen LogP contribution in [0.3, 0.4) is 0 Å². The molecular weight excluding hydrogens is 261 g/mol. The molecule has 2 N–H and O–H groups in total. The summed E-state index contributed by atoms with van der Waals surface area (Å²) in [4.78, 5) is 22.7. The number of hydrogen-bond acceptors (Lipinski definition) is 2. The van der Waals surface area contributed by atoms with Gasteiger partial charge in [-0.2, -0.15) is 0 Å². The van der Waals surface area contributed by atoms with Crippen molar-refractivity contribution in [1.29, 1.82) is 0 Å². The Labute approximate surface area is 116 Å². The first-order valence-electron chi connectivity index (χ1n) is 6.47. The summed E-state index contributed by atoms with van der Waals surface area (Å²) < 4.78 is 13.3. The minimum Gasteiger partial charge on any atom is -0.481 e. The lowest BCUT2D eigenvalue weighted by atomic mass is 9.69. The zero-order valence-corrected chi connectivity index (χ0v) is 10.9. The normalized spacial score (nSPS) is 16.6. The molecule has 0 atom stereocenters. The Bertz CT molecular complexity index is 550. The molecule has 1 aromatic carbocycles. The van der Waals surface area contributed by atoms with Gasteiger partial charge in [-0.3, -0.25) is 9.59 Å². The van der Waals surface area contributed by atoms with E-state index in [1.165, 1.54) is 18.2 Å². The monoisotopic (exact) mass is 277 g/mol. The second kappa shape index (κ2) is 5.86. The van der Waals surface area contributed by atoms with Crippen molar-refractivity contribution in [2.75, 3.05) is 6.54 Å². The van der Waals surface area contributed by atoms with Crippen molar-refractivity contribution < 1.29 is 19.1 Å². The van der Waals surface area contributed by atoms with E-state index in [4.69, 9.17) is 5.11 Å². The number of halogens is 1. The third-order valence-electron chi connectivity index (χ3n) is 3.68. The third-order valence-corrected chi connectivity index (χ3v) is 3.68. The number of nitrogens with one attached hydrogen (secondary N) is 1. The van der Waals surface area contributed by atoms with E-state index >= 15 is 0 Å². The first-order valence-corrected chi connectivity index (χ1v) is 6.47. The summed E-state index contributed by atoms with van der Waals surface area (Å²) >= 11 is 0. The predicted octanol–water partition coefficient (Wildman–Crippen LogP) is 2.21. The summed E-state index contributed by atoms with van der Waals surface area (Å²) in [6.45, 7) is 0.114. The molecule has 1 aromatic rings. The molecule has 0 radical (unpaired) electrons. The van der Waals surface area contributed by atoms with Gasteiger partial charge in [-0.15, -0.1) is 0 Å². The van der Waals surface area contributed by atoms with E-state index in [0.29, 0.717) is 18.4 Å². The molecule has 0 heterocycles. The van der Waals surface area contributed by atoms with Gasteiger partial charge >= 0.3 is 5.97 Å².